The van der Waals surface area contributed by atoms with Gasteiger partial charge in [-0.1, -0.05) is 19.1 Å². The highest BCUT2D eigenvalue weighted by atomic mass is 127. The first-order chi connectivity index (χ1) is 7.65. The molecule has 0 saturated heterocycles. The monoisotopic (exact) mass is 333 g/mol. The maximum Gasteiger partial charge on any atom is 0.260 e. The third-order valence-corrected chi connectivity index (χ3v) is 2.95. The van der Waals surface area contributed by atoms with Crippen molar-refractivity contribution in [2.75, 3.05) is 6.54 Å². The number of halogens is 1. The number of nitrogens with one attached hydrogen (secondary N) is 1. The Bertz CT molecular complexity index is 355. The highest BCUT2D eigenvalue weighted by Crippen LogP contribution is 2.20. The van der Waals surface area contributed by atoms with Crippen LogP contribution >= 0.6 is 22.6 Å². The summed E-state index contributed by atoms with van der Waals surface area (Å²) in [7, 11) is 0. The van der Waals surface area contributed by atoms with Crippen molar-refractivity contribution in [3.05, 3.63) is 27.8 Å². The van der Waals surface area contributed by atoms with Gasteiger partial charge in [0.05, 0.1) is 3.57 Å². The van der Waals surface area contributed by atoms with Crippen molar-refractivity contribution in [1.29, 1.82) is 0 Å². The minimum absolute atomic E-state index is 0.0681. The molecule has 0 radical (unpaired) electrons. The number of rotatable bonds is 5. The van der Waals surface area contributed by atoms with Gasteiger partial charge in [-0.3, -0.25) is 4.79 Å². The maximum atomic E-state index is 11.6. The van der Waals surface area contributed by atoms with Crippen LogP contribution in [-0.4, -0.2) is 18.6 Å². The molecule has 0 aliphatic rings. The van der Waals surface area contributed by atoms with Crippen molar-refractivity contribution in [2.24, 2.45) is 0 Å². The summed E-state index contributed by atoms with van der Waals surface area (Å²) in [5, 5.41) is 2.81. The molecule has 4 heteroatoms. The predicted molar refractivity (Wildman–Crippen MR) is 72.5 cm³/mol. The molecule has 0 spiro atoms. The van der Waals surface area contributed by atoms with E-state index in [0.717, 1.165) is 15.7 Å². The number of hydrogen-bond donors (Lipinski definition) is 1. The summed E-state index contributed by atoms with van der Waals surface area (Å²) in [6.45, 7) is 4.47. The van der Waals surface area contributed by atoms with Crippen molar-refractivity contribution in [1.82, 2.24) is 5.32 Å². The molecule has 0 saturated carbocycles. The van der Waals surface area contributed by atoms with Gasteiger partial charge in [-0.25, -0.2) is 0 Å². The van der Waals surface area contributed by atoms with Crippen LogP contribution in [0.4, 0.5) is 0 Å². The minimum atomic E-state index is -0.456. The Kier molecular flexibility index (Phi) is 5.59. The molecule has 1 unspecified atom stereocenters. The maximum absolute atomic E-state index is 11.6. The Labute approximate surface area is 110 Å². The van der Waals surface area contributed by atoms with Crippen LogP contribution < -0.4 is 10.1 Å². The third-order valence-electron chi connectivity index (χ3n) is 2.06. The fourth-order valence-electron chi connectivity index (χ4n) is 1.18. The molecule has 0 aromatic heterocycles. The molecule has 3 nitrogen and oxygen atoms in total. The van der Waals surface area contributed by atoms with E-state index < -0.39 is 6.10 Å². The van der Waals surface area contributed by atoms with Crippen molar-refractivity contribution >= 4 is 28.5 Å². The summed E-state index contributed by atoms with van der Waals surface area (Å²) >= 11 is 2.19. The van der Waals surface area contributed by atoms with Crippen molar-refractivity contribution in [2.45, 2.75) is 26.4 Å². The second-order valence-corrected chi connectivity index (χ2v) is 4.64. The molecular formula is C12H16INO2. The first-order valence-corrected chi connectivity index (χ1v) is 6.42. The van der Waals surface area contributed by atoms with Crippen LogP contribution in [0.25, 0.3) is 0 Å². The molecule has 1 aromatic rings. The second kappa shape index (κ2) is 6.73. The van der Waals surface area contributed by atoms with Gasteiger partial charge in [-0.15, -0.1) is 0 Å². The standard InChI is InChI=1S/C12H16INO2/c1-3-8-14-12(15)9(2)16-11-7-5-4-6-10(11)13/h4-7,9H,3,8H2,1-2H3,(H,14,15). The van der Waals surface area contributed by atoms with E-state index in [1.54, 1.807) is 6.92 Å². The first kappa shape index (κ1) is 13.3. The number of carbonyl (C=O) groups is 1. The van der Waals surface area contributed by atoms with Gasteiger partial charge in [-0.2, -0.15) is 0 Å². The molecule has 0 fully saturated rings. The molecule has 1 amide bonds. The highest BCUT2D eigenvalue weighted by Gasteiger charge is 2.14. The van der Waals surface area contributed by atoms with Gasteiger partial charge in [0.15, 0.2) is 6.10 Å². The molecule has 0 aliphatic carbocycles. The SMILES string of the molecule is CCCNC(=O)C(C)Oc1ccccc1I. The van der Waals surface area contributed by atoms with Crippen LogP contribution in [0.15, 0.2) is 24.3 Å². The van der Waals surface area contributed by atoms with Crippen LogP contribution in [0.3, 0.4) is 0 Å². The molecule has 1 aromatic carbocycles. The second-order valence-electron chi connectivity index (χ2n) is 3.48. The number of amides is 1. The molecule has 0 bridgehead atoms. The molecule has 0 aliphatic heterocycles. The van der Waals surface area contributed by atoms with E-state index >= 15 is 0 Å². The largest absolute Gasteiger partial charge is 0.480 e. The topological polar surface area (TPSA) is 38.3 Å². The number of ether oxygens (including phenoxy) is 1. The zero-order valence-corrected chi connectivity index (χ0v) is 11.7. The number of benzene rings is 1. The lowest BCUT2D eigenvalue weighted by Crippen LogP contribution is -2.36. The summed E-state index contributed by atoms with van der Waals surface area (Å²) in [6, 6.07) is 7.66. The highest BCUT2D eigenvalue weighted by molar-refractivity contribution is 14.1. The number of carbonyl (C=O) groups excluding carboxylic acids is 1. The van der Waals surface area contributed by atoms with Crippen molar-refractivity contribution in [3.8, 4) is 5.75 Å². The Morgan fingerprint density at radius 2 is 2.19 bits per heavy atom. The molecular weight excluding hydrogens is 317 g/mol. The minimum Gasteiger partial charge on any atom is -0.480 e. The van der Waals surface area contributed by atoms with Gasteiger partial charge >= 0.3 is 0 Å². The van der Waals surface area contributed by atoms with Crippen molar-refractivity contribution < 1.29 is 9.53 Å². The summed E-state index contributed by atoms with van der Waals surface area (Å²) in [5.74, 6) is 0.684. The summed E-state index contributed by atoms with van der Waals surface area (Å²) in [5.41, 5.74) is 0. The Hall–Kier alpha value is -0.780. The van der Waals surface area contributed by atoms with Gasteiger partial charge in [0, 0.05) is 6.54 Å². The summed E-state index contributed by atoms with van der Waals surface area (Å²) in [4.78, 5) is 11.6. The van der Waals surface area contributed by atoms with E-state index in [2.05, 4.69) is 27.9 Å². The number of para-hydroxylation sites is 1. The number of hydrogen-bond acceptors (Lipinski definition) is 2. The summed E-state index contributed by atoms with van der Waals surface area (Å²) in [6.07, 6.45) is 0.476. The average molecular weight is 333 g/mol. The lowest BCUT2D eigenvalue weighted by molar-refractivity contribution is -0.127. The zero-order chi connectivity index (χ0) is 12.0. The van der Waals surface area contributed by atoms with E-state index in [0.29, 0.717) is 6.54 Å². The molecule has 88 valence electrons. The average Bonchev–Trinajstić information content (AvgIpc) is 2.28. The molecule has 0 heterocycles. The molecule has 1 atom stereocenters. The lowest BCUT2D eigenvalue weighted by atomic mass is 10.3. The van der Waals surface area contributed by atoms with Gasteiger partial charge in [0.25, 0.3) is 5.91 Å². The van der Waals surface area contributed by atoms with Crippen LogP contribution in [0.2, 0.25) is 0 Å². The van der Waals surface area contributed by atoms with Gasteiger partial charge in [0.2, 0.25) is 0 Å². The Balaban J connectivity index is 2.54. The Morgan fingerprint density at radius 3 is 2.81 bits per heavy atom. The zero-order valence-electron chi connectivity index (χ0n) is 9.50. The van der Waals surface area contributed by atoms with Crippen LogP contribution in [0, 0.1) is 3.57 Å². The Morgan fingerprint density at radius 1 is 1.50 bits per heavy atom. The summed E-state index contributed by atoms with van der Waals surface area (Å²) < 4.78 is 6.59. The van der Waals surface area contributed by atoms with Crippen LogP contribution in [0.5, 0.6) is 5.75 Å². The first-order valence-electron chi connectivity index (χ1n) is 5.34. The van der Waals surface area contributed by atoms with E-state index in [4.69, 9.17) is 4.74 Å². The van der Waals surface area contributed by atoms with E-state index in [9.17, 15) is 4.79 Å². The molecule has 16 heavy (non-hydrogen) atoms. The van der Waals surface area contributed by atoms with Crippen LogP contribution in [0.1, 0.15) is 20.3 Å². The van der Waals surface area contributed by atoms with E-state index in [-0.39, 0.29) is 5.91 Å². The van der Waals surface area contributed by atoms with Gasteiger partial charge in [-0.05, 0) is 48.1 Å². The smallest absolute Gasteiger partial charge is 0.260 e. The third kappa shape index (κ3) is 4.00. The molecule has 1 rings (SSSR count). The lowest BCUT2D eigenvalue weighted by Gasteiger charge is -2.15. The fourth-order valence-corrected chi connectivity index (χ4v) is 1.69. The van der Waals surface area contributed by atoms with Gasteiger partial charge < -0.3 is 10.1 Å². The molecule has 1 N–H and O–H groups in total. The van der Waals surface area contributed by atoms with Crippen LogP contribution in [-0.2, 0) is 4.79 Å². The van der Waals surface area contributed by atoms with E-state index in [1.807, 2.05) is 31.2 Å². The van der Waals surface area contributed by atoms with Gasteiger partial charge in [0.1, 0.15) is 5.75 Å². The predicted octanol–water partition coefficient (Wildman–Crippen LogP) is 2.58. The van der Waals surface area contributed by atoms with Crippen molar-refractivity contribution in [3.63, 3.8) is 0 Å². The normalized spacial score (nSPS) is 11.9. The van der Waals surface area contributed by atoms with E-state index in [1.165, 1.54) is 0 Å². The fraction of sp³-hybridized carbons (Fsp3) is 0.417. The quantitative estimate of drug-likeness (QED) is 0.841.